The Hall–Kier alpha value is -2.97. The van der Waals surface area contributed by atoms with Crippen LogP contribution in [0, 0.1) is 0 Å². The van der Waals surface area contributed by atoms with E-state index in [0.29, 0.717) is 24.2 Å². The highest BCUT2D eigenvalue weighted by atomic mass is 19.3. The third-order valence-electron chi connectivity index (χ3n) is 3.91. The molecule has 138 valence electrons. The van der Waals surface area contributed by atoms with Crippen LogP contribution in [-0.4, -0.2) is 41.2 Å². The zero-order valence-corrected chi connectivity index (χ0v) is 14.1. The van der Waals surface area contributed by atoms with E-state index < -0.39 is 12.7 Å². The molecule has 0 N–H and O–H groups in total. The van der Waals surface area contributed by atoms with Crippen molar-refractivity contribution >= 4 is 17.8 Å². The monoisotopic (exact) mass is 364 g/mol. The summed E-state index contributed by atoms with van der Waals surface area (Å²) in [6.45, 7) is -2.35. The fourth-order valence-electron chi connectivity index (χ4n) is 2.70. The third-order valence-corrected chi connectivity index (χ3v) is 3.91. The molecule has 2 aromatic rings. The molecular weight excluding hydrogens is 346 g/mol. The van der Waals surface area contributed by atoms with Crippen molar-refractivity contribution in [1.29, 1.82) is 0 Å². The fraction of sp³-hybridized carbons (Fsp3) is 0.353. The molecule has 0 spiro atoms. The molecule has 26 heavy (non-hydrogen) atoms. The van der Waals surface area contributed by atoms with Gasteiger partial charge in [0.2, 0.25) is 6.10 Å². The Morgan fingerprint density at radius 2 is 2.19 bits per heavy atom. The number of para-hydroxylation sites is 1. The molecule has 1 saturated heterocycles. The lowest BCUT2D eigenvalue weighted by molar-refractivity contribution is -0.132. The summed E-state index contributed by atoms with van der Waals surface area (Å²) in [5.74, 6) is -0.222. The van der Waals surface area contributed by atoms with Gasteiger partial charge in [-0.1, -0.05) is 17.3 Å². The quantitative estimate of drug-likeness (QED) is 0.584. The van der Waals surface area contributed by atoms with E-state index in [1.165, 1.54) is 12.3 Å². The summed E-state index contributed by atoms with van der Waals surface area (Å²) in [5.41, 5.74) is 1.03. The van der Waals surface area contributed by atoms with Crippen LogP contribution in [0.25, 0.3) is 0 Å². The van der Waals surface area contributed by atoms with E-state index in [-0.39, 0.29) is 11.7 Å². The molecule has 7 nitrogen and oxygen atoms in total. The highest BCUT2D eigenvalue weighted by Crippen LogP contribution is 2.22. The van der Waals surface area contributed by atoms with Crippen molar-refractivity contribution in [3.05, 3.63) is 42.2 Å². The van der Waals surface area contributed by atoms with Crippen LogP contribution < -0.4 is 9.64 Å². The van der Waals surface area contributed by atoms with Crippen molar-refractivity contribution in [3.63, 3.8) is 0 Å². The number of ether oxygens (including phenoxy) is 1. The first-order valence-electron chi connectivity index (χ1n) is 8.07. The van der Waals surface area contributed by atoms with Gasteiger partial charge in [0, 0.05) is 25.4 Å². The number of piperidine rings is 1. The van der Waals surface area contributed by atoms with Crippen LogP contribution in [-0.2, 0) is 16.7 Å². The lowest BCUT2D eigenvalue weighted by Crippen LogP contribution is -2.44. The van der Waals surface area contributed by atoms with Gasteiger partial charge in [0.05, 0.1) is 18.1 Å². The second-order valence-corrected chi connectivity index (χ2v) is 5.75. The lowest BCUT2D eigenvalue weighted by atomic mass is 10.1. The maximum Gasteiger partial charge on any atom is 0.387 e. The molecule has 1 aromatic carbocycles. The van der Waals surface area contributed by atoms with Gasteiger partial charge in [0.1, 0.15) is 5.75 Å². The van der Waals surface area contributed by atoms with Crippen LogP contribution in [0.4, 0.5) is 14.5 Å². The zero-order chi connectivity index (χ0) is 18.5. The second-order valence-electron chi connectivity index (χ2n) is 5.75. The third kappa shape index (κ3) is 4.16. The number of hydrogen-bond donors (Lipinski definition) is 0. The highest BCUT2D eigenvalue weighted by molar-refractivity contribution is 5.97. The van der Waals surface area contributed by atoms with Crippen molar-refractivity contribution in [2.24, 2.45) is 12.2 Å². The predicted octanol–water partition coefficient (Wildman–Crippen LogP) is 2.57. The van der Waals surface area contributed by atoms with E-state index in [0.717, 1.165) is 6.42 Å². The summed E-state index contributed by atoms with van der Waals surface area (Å²) in [6, 6.07) is 6.21. The SMILES string of the molecule is Cn1cc(N2CCCC(ON=Cc3ccccc3OC(F)F)C2=O)cn1. The number of halogens is 2. The number of hydrogen-bond acceptors (Lipinski definition) is 5. The normalized spacial score (nSPS) is 17.9. The summed E-state index contributed by atoms with van der Waals surface area (Å²) >= 11 is 0. The molecule has 1 atom stereocenters. The second kappa shape index (κ2) is 7.94. The van der Waals surface area contributed by atoms with E-state index in [1.807, 2.05) is 0 Å². The molecule has 0 radical (unpaired) electrons. The number of benzene rings is 1. The minimum Gasteiger partial charge on any atom is -0.434 e. The lowest BCUT2D eigenvalue weighted by Gasteiger charge is -2.29. The molecule has 1 aliphatic rings. The van der Waals surface area contributed by atoms with Gasteiger partial charge in [-0.15, -0.1) is 0 Å². The van der Waals surface area contributed by atoms with Gasteiger partial charge in [-0.2, -0.15) is 13.9 Å². The molecule has 3 rings (SSSR count). The number of amides is 1. The van der Waals surface area contributed by atoms with E-state index in [9.17, 15) is 13.6 Å². The smallest absolute Gasteiger partial charge is 0.387 e. The summed E-state index contributed by atoms with van der Waals surface area (Å²) in [6.07, 6.45) is 5.17. The van der Waals surface area contributed by atoms with E-state index in [4.69, 9.17) is 4.84 Å². The van der Waals surface area contributed by atoms with Crippen molar-refractivity contribution in [2.75, 3.05) is 11.4 Å². The molecule has 1 aromatic heterocycles. The van der Waals surface area contributed by atoms with Gasteiger partial charge >= 0.3 is 6.61 Å². The van der Waals surface area contributed by atoms with Gasteiger partial charge in [0.25, 0.3) is 5.91 Å². The average Bonchev–Trinajstić information content (AvgIpc) is 3.03. The number of carbonyl (C=O) groups excluding carboxylic acids is 1. The van der Waals surface area contributed by atoms with Gasteiger partial charge < -0.3 is 14.5 Å². The first kappa shape index (κ1) is 17.8. The molecule has 0 bridgehead atoms. The molecule has 1 amide bonds. The van der Waals surface area contributed by atoms with Crippen LogP contribution in [0.15, 0.2) is 41.8 Å². The molecule has 9 heteroatoms. The number of carbonyl (C=O) groups is 1. The zero-order valence-electron chi connectivity index (χ0n) is 14.1. The van der Waals surface area contributed by atoms with Crippen LogP contribution in [0.3, 0.4) is 0 Å². The Morgan fingerprint density at radius 3 is 2.92 bits per heavy atom. The van der Waals surface area contributed by atoms with Gasteiger partial charge in [-0.3, -0.25) is 9.48 Å². The van der Waals surface area contributed by atoms with Crippen LogP contribution >= 0.6 is 0 Å². The summed E-state index contributed by atoms with van der Waals surface area (Å²) in [7, 11) is 1.77. The average molecular weight is 364 g/mol. The van der Waals surface area contributed by atoms with Crippen LogP contribution in [0.2, 0.25) is 0 Å². The predicted molar refractivity (Wildman–Crippen MR) is 90.3 cm³/mol. The maximum atomic E-state index is 12.6. The van der Waals surface area contributed by atoms with Crippen molar-refractivity contribution in [2.45, 2.75) is 25.6 Å². The largest absolute Gasteiger partial charge is 0.434 e. The standard InChI is InChI=1S/C17H18F2N4O3/c1-22-11-13(10-20-22)23-8-4-7-15(16(23)24)26-21-9-12-5-2-3-6-14(12)25-17(18)19/h2-3,5-6,9-11,15,17H,4,7-8H2,1H3. The summed E-state index contributed by atoms with van der Waals surface area (Å²) in [4.78, 5) is 19.5. The number of aromatic nitrogens is 2. The first-order valence-corrected chi connectivity index (χ1v) is 8.07. The fourth-order valence-corrected chi connectivity index (χ4v) is 2.70. The Balaban J connectivity index is 1.66. The number of aryl methyl sites for hydroxylation is 1. The number of rotatable bonds is 6. The first-order chi connectivity index (χ1) is 12.5. The topological polar surface area (TPSA) is 68.9 Å². The Morgan fingerprint density at radius 1 is 1.38 bits per heavy atom. The molecule has 2 heterocycles. The number of oxime groups is 1. The van der Waals surface area contributed by atoms with Crippen molar-refractivity contribution < 1.29 is 23.1 Å². The van der Waals surface area contributed by atoms with E-state index >= 15 is 0 Å². The van der Waals surface area contributed by atoms with E-state index in [2.05, 4.69) is 15.0 Å². The van der Waals surface area contributed by atoms with E-state index in [1.54, 1.807) is 47.2 Å². The van der Waals surface area contributed by atoms with Crippen LogP contribution in [0.1, 0.15) is 18.4 Å². The Kier molecular flexibility index (Phi) is 5.45. The molecular formula is C17H18F2N4O3. The van der Waals surface area contributed by atoms with Gasteiger partial charge in [-0.25, -0.2) is 0 Å². The Bertz CT molecular complexity index is 794. The molecule has 0 aliphatic carbocycles. The molecule has 1 aliphatic heterocycles. The highest BCUT2D eigenvalue weighted by Gasteiger charge is 2.32. The van der Waals surface area contributed by atoms with Gasteiger partial charge in [0.15, 0.2) is 0 Å². The summed E-state index contributed by atoms with van der Waals surface area (Å²) < 4.78 is 30.9. The van der Waals surface area contributed by atoms with Crippen LogP contribution in [0.5, 0.6) is 5.75 Å². The number of nitrogens with zero attached hydrogens (tertiary/aromatic N) is 4. The van der Waals surface area contributed by atoms with Crippen molar-refractivity contribution in [3.8, 4) is 5.75 Å². The maximum absolute atomic E-state index is 12.6. The molecule has 1 unspecified atom stereocenters. The minimum atomic E-state index is -2.93. The minimum absolute atomic E-state index is 0.0122. The van der Waals surface area contributed by atoms with Gasteiger partial charge in [-0.05, 0) is 25.0 Å². The molecule has 0 saturated carbocycles. The molecule has 1 fully saturated rings. The summed E-state index contributed by atoms with van der Waals surface area (Å²) in [5, 5.41) is 7.86. The number of anilines is 1. The Labute approximate surface area is 148 Å². The number of alkyl halides is 2. The van der Waals surface area contributed by atoms with Crippen molar-refractivity contribution in [1.82, 2.24) is 9.78 Å².